The second-order valence-corrected chi connectivity index (χ2v) is 5.33. The summed E-state index contributed by atoms with van der Waals surface area (Å²) in [5, 5.41) is 10.3. The second kappa shape index (κ2) is 2.85. The molecule has 0 aliphatic carbocycles. The van der Waals surface area contributed by atoms with Gasteiger partial charge in [-0.3, -0.25) is 0 Å². The largest absolute Gasteiger partial charge is 0.754 e. The van der Waals surface area contributed by atoms with E-state index in [1.165, 1.54) is 0 Å². The van der Waals surface area contributed by atoms with Crippen molar-refractivity contribution in [3.8, 4) is 0 Å². The molecular weight excluding hydrogens is 268 g/mol. The van der Waals surface area contributed by atoms with E-state index in [2.05, 4.69) is 34.6 Å². The predicted octanol–water partition coefficient (Wildman–Crippen LogP) is 0.726. The van der Waals surface area contributed by atoms with Gasteiger partial charge in [-0.2, -0.15) is 0 Å². The number of aromatic nitrogens is 2. The van der Waals surface area contributed by atoms with Gasteiger partial charge in [-0.15, -0.1) is 0 Å². The molecule has 21 heavy (non-hydrogen) atoms. The van der Waals surface area contributed by atoms with Gasteiger partial charge in [0, 0.05) is 12.1 Å². The summed E-state index contributed by atoms with van der Waals surface area (Å²) in [7, 11) is 0. The Kier molecular flexibility index (Phi) is 1.33. The van der Waals surface area contributed by atoms with E-state index in [1.807, 2.05) is 21.3 Å². The van der Waals surface area contributed by atoms with Gasteiger partial charge in [-0.05, 0) is 33.4 Å². The quantitative estimate of drug-likeness (QED) is 0.449. The van der Waals surface area contributed by atoms with Gasteiger partial charge in [-0.1, -0.05) is 10.3 Å². The monoisotopic (exact) mass is 276 g/mol. The van der Waals surface area contributed by atoms with E-state index in [0.717, 1.165) is 33.2 Å². The summed E-state index contributed by atoms with van der Waals surface area (Å²) in [5.74, 6) is 0. The minimum Gasteiger partial charge on any atom is -0.225 e. The van der Waals surface area contributed by atoms with Crippen LogP contribution in [0, 0.1) is 0 Å². The molecule has 1 spiro atoms. The molecule has 1 aromatic carbocycles. The third kappa shape index (κ3) is 0.875. The minimum absolute atomic E-state index is 0.924. The van der Waals surface area contributed by atoms with E-state index in [9.17, 15) is 0 Å². The van der Waals surface area contributed by atoms with Gasteiger partial charge in [0.2, 0.25) is 11.4 Å². The average molecular weight is 276 g/mol. The third-order valence-electron chi connectivity index (χ3n) is 4.32. The van der Waals surface area contributed by atoms with Crippen LogP contribution in [-0.2, 0) is 15.7 Å². The summed E-state index contributed by atoms with van der Waals surface area (Å²) in [6, 6.07) is 11.2. The van der Waals surface area contributed by atoms with Crippen LogP contribution in [0.5, 0.6) is 0 Å². The first-order chi connectivity index (χ1) is 10.4. The molecule has 3 aromatic rings. The standard InChI is InChI=1S/C15H8N4O2/c1-2-10-4-6-12-8-17-21-15-18-11(7-16-20-15)5-3-9(1)13(18)14(10)19(12)15/h1-8H/q+2. The van der Waals surface area contributed by atoms with Gasteiger partial charge < -0.3 is 0 Å². The number of benzene rings is 1. The highest BCUT2D eigenvalue weighted by Gasteiger charge is 2.71. The molecule has 0 bridgehead atoms. The van der Waals surface area contributed by atoms with E-state index < -0.39 is 6.03 Å². The van der Waals surface area contributed by atoms with Crippen molar-refractivity contribution in [1.82, 2.24) is 0 Å². The number of hydrogen-bond donors (Lipinski definition) is 0. The van der Waals surface area contributed by atoms with Gasteiger partial charge >= 0.3 is 6.03 Å². The van der Waals surface area contributed by atoms with E-state index in [1.54, 1.807) is 12.4 Å². The number of oxime groups is 2. The molecule has 0 amide bonds. The van der Waals surface area contributed by atoms with E-state index in [0.29, 0.717) is 0 Å². The van der Waals surface area contributed by atoms with E-state index >= 15 is 0 Å². The Hall–Kier alpha value is -3.02. The van der Waals surface area contributed by atoms with Crippen LogP contribution in [0.15, 0.2) is 46.7 Å². The molecule has 98 valence electrons. The zero-order chi connectivity index (χ0) is 13.6. The molecular formula is C15H8N4O2+2. The smallest absolute Gasteiger partial charge is 0.225 e. The normalized spacial score (nSPS) is 18.3. The summed E-state index contributed by atoms with van der Waals surface area (Å²) in [5.41, 5.74) is 3.99. The third-order valence-corrected chi connectivity index (χ3v) is 4.32. The Bertz CT molecular complexity index is 970. The molecule has 0 saturated heterocycles. The number of hydrogen-bond acceptors (Lipinski definition) is 4. The van der Waals surface area contributed by atoms with Crippen LogP contribution in [0.4, 0.5) is 0 Å². The lowest BCUT2D eigenvalue weighted by molar-refractivity contribution is -1.06. The highest BCUT2D eigenvalue weighted by atomic mass is 16.9. The van der Waals surface area contributed by atoms with Crippen LogP contribution in [-0.4, -0.2) is 12.4 Å². The average Bonchev–Trinajstić information content (AvgIpc) is 2.86. The van der Waals surface area contributed by atoms with Crippen molar-refractivity contribution in [3.05, 3.63) is 47.8 Å². The molecule has 5 heterocycles. The fourth-order valence-electron chi connectivity index (χ4n) is 3.50. The highest BCUT2D eigenvalue weighted by molar-refractivity contribution is 6.00. The molecule has 6 heteroatoms. The second-order valence-electron chi connectivity index (χ2n) is 5.33. The molecule has 0 fully saturated rings. The van der Waals surface area contributed by atoms with Crippen molar-refractivity contribution in [2.75, 3.05) is 0 Å². The molecule has 0 saturated carbocycles. The summed E-state index contributed by atoms with van der Waals surface area (Å²) >= 11 is 0. The lowest BCUT2D eigenvalue weighted by Crippen LogP contribution is -2.76. The number of nitrogens with zero attached hydrogens (tertiary/aromatic N) is 4. The van der Waals surface area contributed by atoms with Crippen LogP contribution in [0.3, 0.4) is 0 Å². The Morgan fingerprint density at radius 2 is 1.19 bits per heavy atom. The first-order valence-corrected chi connectivity index (χ1v) is 6.69. The number of rotatable bonds is 0. The van der Waals surface area contributed by atoms with Crippen molar-refractivity contribution in [1.29, 1.82) is 0 Å². The zero-order valence-corrected chi connectivity index (χ0v) is 10.7. The van der Waals surface area contributed by atoms with Gasteiger partial charge in [0.05, 0.1) is 10.8 Å². The van der Waals surface area contributed by atoms with Crippen LogP contribution >= 0.6 is 0 Å². The predicted molar refractivity (Wildman–Crippen MR) is 72.6 cm³/mol. The van der Waals surface area contributed by atoms with Crippen molar-refractivity contribution < 1.29 is 18.8 Å². The zero-order valence-electron chi connectivity index (χ0n) is 10.7. The summed E-state index contributed by atoms with van der Waals surface area (Å²) in [4.78, 5) is 11.3. The summed E-state index contributed by atoms with van der Waals surface area (Å²) < 4.78 is 4.02. The van der Waals surface area contributed by atoms with Gasteiger partial charge in [0.1, 0.15) is 12.4 Å². The van der Waals surface area contributed by atoms with Gasteiger partial charge in [0.15, 0.2) is 0 Å². The van der Waals surface area contributed by atoms with E-state index in [4.69, 9.17) is 9.68 Å². The van der Waals surface area contributed by atoms with E-state index in [-0.39, 0.29) is 0 Å². The fourth-order valence-corrected chi connectivity index (χ4v) is 3.50. The molecule has 0 unspecified atom stereocenters. The first-order valence-electron chi connectivity index (χ1n) is 6.69. The van der Waals surface area contributed by atoms with Crippen LogP contribution in [0.1, 0.15) is 11.4 Å². The molecule has 3 aliphatic heterocycles. The molecule has 0 radical (unpaired) electrons. The van der Waals surface area contributed by atoms with Crippen molar-refractivity contribution in [3.63, 3.8) is 0 Å². The van der Waals surface area contributed by atoms with Crippen molar-refractivity contribution in [2.24, 2.45) is 10.3 Å². The van der Waals surface area contributed by atoms with Crippen molar-refractivity contribution >= 4 is 34.2 Å². The maximum Gasteiger partial charge on any atom is 0.754 e. The molecule has 3 aliphatic rings. The summed E-state index contributed by atoms with van der Waals surface area (Å²) in [6.07, 6.45) is 3.38. The molecule has 2 aromatic heterocycles. The van der Waals surface area contributed by atoms with Crippen LogP contribution < -0.4 is 9.13 Å². The summed E-state index contributed by atoms with van der Waals surface area (Å²) in [6.45, 7) is 0. The fraction of sp³-hybridized carbons (Fsp3) is 0.0667. The maximum atomic E-state index is 5.67. The topological polar surface area (TPSA) is 50.9 Å². The van der Waals surface area contributed by atoms with Crippen LogP contribution in [0.2, 0.25) is 0 Å². The molecule has 6 nitrogen and oxygen atoms in total. The molecule has 0 atom stereocenters. The lowest BCUT2D eigenvalue weighted by Gasteiger charge is -2.18. The Morgan fingerprint density at radius 3 is 1.71 bits per heavy atom. The molecule has 6 rings (SSSR count). The maximum absolute atomic E-state index is 5.67. The SMILES string of the molecule is C1=NOC23ON=Cc4ccc5ccc6ccc1[n+]2c6c5[n+]43. The van der Waals surface area contributed by atoms with Crippen molar-refractivity contribution in [2.45, 2.75) is 6.03 Å². The minimum atomic E-state index is -1.18. The molecule has 0 N–H and O–H groups in total. The van der Waals surface area contributed by atoms with Gasteiger partial charge in [0.25, 0.3) is 11.0 Å². The lowest BCUT2D eigenvalue weighted by atomic mass is 10.1. The first kappa shape index (κ1) is 9.82. The number of pyridine rings is 2. The van der Waals surface area contributed by atoms with Crippen LogP contribution in [0.25, 0.3) is 21.8 Å². The highest BCUT2D eigenvalue weighted by Crippen LogP contribution is 2.32. The Morgan fingerprint density at radius 1 is 0.714 bits per heavy atom. The Balaban J connectivity index is 2.02. The van der Waals surface area contributed by atoms with Gasteiger partial charge in [-0.25, -0.2) is 9.68 Å². The Labute approximate surface area is 118 Å².